The molecule has 3 rings (SSSR count). The Hall–Kier alpha value is -3.07. The summed E-state index contributed by atoms with van der Waals surface area (Å²) in [7, 11) is -4.14. The number of hydrogen-bond donors (Lipinski definition) is 2. The Bertz CT molecular complexity index is 1300. The number of rotatable bonds is 9. The predicted molar refractivity (Wildman–Crippen MR) is 140 cm³/mol. The Labute approximate surface area is 215 Å². The average molecular weight is 534 g/mol. The molecule has 184 valence electrons. The molecule has 0 aliphatic carbocycles. The van der Waals surface area contributed by atoms with E-state index in [0.717, 1.165) is 4.31 Å². The van der Waals surface area contributed by atoms with Gasteiger partial charge in [0.2, 0.25) is 5.91 Å². The van der Waals surface area contributed by atoms with Gasteiger partial charge >= 0.3 is 0 Å². The summed E-state index contributed by atoms with van der Waals surface area (Å²) >= 11 is 12.2. The number of nitrogens with zero attached hydrogens (tertiary/aromatic N) is 1. The summed E-state index contributed by atoms with van der Waals surface area (Å²) in [4.78, 5) is 25.7. The highest BCUT2D eigenvalue weighted by atomic mass is 35.5. The SMILES string of the molecule is CC(C)CNC(=O)c1ccccc1NC(=O)CN(c1cc(Cl)cc(Cl)c1)S(=O)(=O)c1ccccc1. The van der Waals surface area contributed by atoms with E-state index >= 15 is 0 Å². The van der Waals surface area contributed by atoms with E-state index in [-0.39, 0.29) is 43.7 Å². The van der Waals surface area contributed by atoms with Crippen molar-refractivity contribution in [3.63, 3.8) is 0 Å². The summed E-state index contributed by atoms with van der Waals surface area (Å²) < 4.78 is 27.9. The van der Waals surface area contributed by atoms with Gasteiger partial charge in [0.25, 0.3) is 15.9 Å². The van der Waals surface area contributed by atoms with Crippen LogP contribution in [0.3, 0.4) is 0 Å². The number of amides is 2. The van der Waals surface area contributed by atoms with Gasteiger partial charge in [-0.15, -0.1) is 0 Å². The molecule has 0 radical (unpaired) electrons. The van der Waals surface area contributed by atoms with Crippen molar-refractivity contribution in [3.8, 4) is 0 Å². The van der Waals surface area contributed by atoms with E-state index in [9.17, 15) is 18.0 Å². The molecule has 35 heavy (non-hydrogen) atoms. The third-order valence-electron chi connectivity index (χ3n) is 4.87. The Balaban J connectivity index is 1.92. The van der Waals surface area contributed by atoms with Gasteiger partial charge in [0.1, 0.15) is 6.54 Å². The first kappa shape index (κ1) is 26.5. The zero-order valence-electron chi connectivity index (χ0n) is 19.2. The summed E-state index contributed by atoms with van der Waals surface area (Å²) in [5.41, 5.74) is 0.661. The second-order valence-corrected chi connectivity index (χ2v) is 10.9. The predicted octanol–water partition coefficient (Wildman–Crippen LogP) is 5.21. The van der Waals surface area contributed by atoms with Crippen LogP contribution in [-0.2, 0) is 14.8 Å². The van der Waals surface area contributed by atoms with Crippen LogP contribution >= 0.6 is 23.2 Å². The number of halogens is 2. The maximum Gasteiger partial charge on any atom is 0.264 e. The Morgan fingerprint density at radius 1 is 0.914 bits per heavy atom. The molecule has 0 bridgehead atoms. The Morgan fingerprint density at radius 3 is 2.14 bits per heavy atom. The lowest BCUT2D eigenvalue weighted by atomic mass is 10.1. The lowest BCUT2D eigenvalue weighted by Crippen LogP contribution is -2.38. The smallest absolute Gasteiger partial charge is 0.264 e. The number of carbonyl (C=O) groups is 2. The van der Waals surface area contributed by atoms with Crippen LogP contribution in [0.2, 0.25) is 10.0 Å². The highest BCUT2D eigenvalue weighted by Crippen LogP contribution is 2.30. The topological polar surface area (TPSA) is 95.6 Å². The summed E-state index contributed by atoms with van der Waals surface area (Å²) in [6, 6.07) is 18.5. The highest BCUT2D eigenvalue weighted by Gasteiger charge is 2.28. The van der Waals surface area contributed by atoms with Crippen LogP contribution in [0.25, 0.3) is 0 Å². The fourth-order valence-corrected chi connectivity index (χ4v) is 5.16. The van der Waals surface area contributed by atoms with E-state index < -0.39 is 22.5 Å². The van der Waals surface area contributed by atoms with Gasteiger partial charge in [0.05, 0.1) is 21.8 Å². The van der Waals surface area contributed by atoms with Gasteiger partial charge in [-0.05, 0) is 48.4 Å². The third kappa shape index (κ3) is 6.97. The second-order valence-electron chi connectivity index (χ2n) is 8.15. The van der Waals surface area contributed by atoms with Crippen LogP contribution in [0.4, 0.5) is 11.4 Å². The molecule has 0 fully saturated rings. The number of benzene rings is 3. The van der Waals surface area contributed by atoms with Crippen molar-refractivity contribution in [2.45, 2.75) is 18.7 Å². The molecule has 0 spiro atoms. The molecular formula is C25H25Cl2N3O4S. The summed E-state index contributed by atoms with van der Waals surface area (Å²) in [5, 5.41) is 5.90. The first-order valence-corrected chi connectivity index (χ1v) is 13.0. The molecule has 0 heterocycles. The molecular weight excluding hydrogens is 509 g/mol. The molecule has 2 N–H and O–H groups in total. The van der Waals surface area contributed by atoms with Crippen LogP contribution in [0.1, 0.15) is 24.2 Å². The van der Waals surface area contributed by atoms with Gasteiger partial charge in [0, 0.05) is 16.6 Å². The molecule has 0 atom stereocenters. The van der Waals surface area contributed by atoms with Crippen molar-refractivity contribution in [1.29, 1.82) is 0 Å². The van der Waals surface area contributed by atoms with E-state index in [2.05, 4.69) is 10.6 Å². The van der Waals surface area contributed by atoms with Crippen LogP contribution in [0.5, 0.6) is 0 Å². The van der Waals surface area contributed by atoms with E-state index in [0.29, 0.717) is 6.54 Å². The van der Waals surface area contributed by atoms with Crippen LogP contribution < -0.4 is 14.9 Å². The van der Waals surface area contributed by atoms with Gasteiger partial charge in [-0.25, -0.2) is 8.42 Å². The lowest BCUT2D eigenvalue weighted by molar-refractivity contribution is -0.114. The van der Waals surface area contributed by atoms with E-state index in [4.69, 9.17) is 23.2 Å². The van der Waals surface area contributed by atoms with E-state index in [1.54, 1.807) is 42.5 Å². The minimum Gasteiger partial charge on any atom is -0.352 e. The Morgan fingerprint density at radius 2 is 1.51 bits per heavy atom. The molecule has 0 aromatic heterocycles. The number of hydrogen-bond acceptors (Lipinski definition) is 4. The van der Waals surface area contributed by atoms with Gasteiger partial charge < -0.3 is 10.6 Å². The molecule has 0 aliphatic heterocycles. The van der Waals surface area contributed by atoms with Gasteiger partial charge in [-0.2, -0.15) is 0 Å². The average Bonchev–Trinajstić information content (AvgIpc) is 2.81. The molecule has 2 amide bonds. The third-order valence-corrected chi connectivity index (χ3v) is 7.09. The number of sulfonamides is 1. The largest absolute Gasteiger partial charge is 0.352 e. The zero-order chi connectivity index (χ0) is 25.6. The van der Waals surface area contributed by atoms with Gasteiger partial charge in [-0.3, -0.25) is 13.9 Å². The second kappa shape index (κ2) is 11.6. The van der Waals surface area contributed by atoms with Crippen LogP contribution in [0.15, 0.2) is 77.7 Å². The van der Waals surface area contributed by atoms with Crippen LogP contribution in [0, 0.1) is 5.92 Å². The summed E-state index contributed by atoms with van der Waals surface area (Å²) in [5.74, 6) is -0.739. The van der Waals surface area contributed by atoms with Crippen molar-refractivity contribution >= 4 is 56.4 Å². The first-order chi connectivity index (χ1) is 16.6. The minimum atomic E-state index is -4.14. The molecule has 0 saturated carbocycles. The quantitative estimate of drug-likeness (QED) is 0.394. The molecule has 0 unspecified atom stereocenters. The Kier molecular flexibility index (Phi) is 8.77. The molecule has 0 aliphatic rings. The fraction of sp³-hybridized carbons (Fsp3) is 0.200. The van der Waals surface area contributed by atoms with Crippen molar-refractivity contribution < 1.29 is 18.0 Å². The van der Waals surface area contributed by atoms with E-state index in [1.807, 2.05) is 13.8 Å². The maximum absolute atomic E-state index is 13.5. The number of para-hydroxylation sites is 1. The molecule has 10 heteroatoms. The monoisotopic (exact) mass is 533 g/mol. The van der Waals surface area contributed by atoms with Gasteiger partial charge in [-0.1, -0.05) is 67.4 Å². The summed E-state index contributed by atoms with van der Waals surface area (Å²) in [6.45, 7) is 3.84. The normalized spacial score (nSPS) is 11.2. The molecule has 3 aromatic carbocycles. The lowest BCUT2D eigenvalue weighted by Gasteiger charge is -2.24. The standard InChI is InChI=1S/C25H25Cl2N3O4S/c1-17(2)15-28-25(32)22-10-6-7-11-23(22)29-24(31)16-30(20-13-18(26)12-19(27)14-20)35(33,34)21-8-4-3-5-9-21/h3-14,17H,15-16H2,1-2H3,(H,28,32)(H,29,31). The zero-order valence-corrected chi connectivity index (χ0v) is 21.5. The number of anilines is 2. The van der Waals surface area contributed by atoms with Crippen molar-refractivity contribution in [1.82, 2.24) is 5.32 Å². The van der Waals surface area contributed by atoms with Crippen LogP contribution in [-0.4, -0.2) is 33.3 Å². The maximum atomic E-state index is 13.5. The first-order valence-electron chi connectivity index (χ1n) is 10.8. The van der Waals surface area contributed by atoms with Gasteiger partial charge in [0.15, 0.2) is 0 Å². The summed E-state index contributed by atoms with van der Waals surface area (Å²) in [6.07, 6.45) is 0. The number of nitrogens with one attached hydrogen (secondary N) is 2. The minimum absolute atomic E-state index is 0.00244. The van der Waals surface area contributed by atoms with Crippen molar-refractivity contribution in [3.05, 3.63) is 88.4 Å². The molecule has 0 saturated heterocycles. The highest BCUT2D eigenvalue weighted by molar-refractivity contribution is 7.92. The fourth-order valence-electron chi connectivity index (χ4n) is 3.22. The molecule has 7 nitrogen and oxygen atoms in total. The molecule has 3 aromatic rings. The van der Waals surface area contributed by atoms with E-state index in [1.165, 1.54) is 30.3 Å². The number of carbonyl (C=O) groups excluding carboxylic acids is 2. The van der Waals surface area contributed by atoms with Crippen molar-refractivity contribution in [2.75, 3.05) is 22.7 Å². The van der Waals surface area contributed by atoms with Crippen molar-refractivity contribution in [2.24, 2.45) is 5.92 Å².